The van der Waals surface area contributed by atoms with Gasteiger partial charge in [-0.05, 0) is 44.5 Å². The second kappa shape index (κ2) is 6.04. The zero-order chi connectivity index (χ0) is 16.4. The van der Waals surface area contributed by atoms with Crippen molar-refractivity contribution >= 4 is 28.7 Å². The zero-order valence-corrected chi connectivity index (χ0v) is 13.4. The Labute approximate surface area is 135 Å². The maximum atomic E-state index is 12.5. The predicted octanol–water partition coefficient (Wildman–Crippen LogP) is 3.49. The van der Waals surface area contributed by atoms with Gasteiger partial charge in [0.25, 0.3) is 0 Å². The highest BCUT2D eigenvalue weighted by atomic mass is 16.2. The van der Waals surface area contributed by atoms with Crippen LogP contribution in [0.3, 0.4) is 0 Å². The molecule has 0 spiro atoms. The molecule has 0 saturated carbocycles. The van der Waals surface area contributed by atoms with E-state index in [1.807, 2.05) is 56.3 Å². The second-order valence-electron chi connectivity index (χ2n) is 5.53. The molecule has 3 rings (SSSR count). The molecule has 1 heterocycles. The van der Waals surface area contributed by atoms with Crippen molar-refractivity contribution < 1.29 is 4.79 Å². The predicted molar refractivity (Wildman–Crippen MR) is 94.0 cm³/mol. The van der Waals surface area contributed by atoms with E-state index in [4.69, 9.17) is 0 Å². The maximum Gasteiger partial charge on any atom is 0.301 e. The van der Waals surface area contributed by atoms with Crippen LogP contribution < -0.4 is 10.4 Å². The SMILES string of the molecule is CC1=NN(c2ccccc2)C(=O)/C1=N\Nc1ccc(C)cc1C. The number of hydrogen-bond acceptors (Lipinski definition) is 4. The molecule has 2 aromatic carbocycles. The van der Waals surface area contributed by atoms with Crippen molar-refractivity contribution in [1.29, 1.82) is 0 Å². The third-order valence-corrected chi connectivity index (χ3v) is 3.66. The summed E-state index contributed by atoms with van der Waals surface area (Å²) in [5.74, 6) is -0.231. The molecule has 1 aliphatic rings. The lowest BCUT2D eigenvalue weighted by atomic mass is 10.1. The monoisotopic (exact) mass is 306 g/mol. The lowest BCUT2D eigenvalue weighted by Gasteiger charge is -2.11. The first-order valence-corrected chi connectivity index (χ1v) is 7.42. The Kier molecular flexibility index (Phi) is 3.93. The average Bonchev–Trinajstić information content (AvgIpc) is 2.82. The van der Waals surface area contributed by atoms with Crippen molar-refractivity contribution in [2.24, 2.45) is 10.2 Å². The van der Waals surface area contributed by atoms with Gasteiger partial charge in [-0.1, -0.05) is 35.9 Å². The van der Waals surface area contributed by atoms with E-state index in [-0.39, 0.29) is 5.91 Å². The Morgan fingerprint density at radius 2 is 1.78 bits per heavy atom. The van der Waals surface area contributed by atoms with Gasteiger partial charge in [-0.3, -0.25) is 10.2 Å². The number of nitrogens with zero attached hydrogens (tertiary/aromatic N) is 3. The number of nitrogens with one attached hydrogen (secondary N) is 1. The Morgan fingerprint density at radius 3 is 2.48 bits per heavy atom. The van der Waals surface area contributed by atoms with E-state index < -0.39 is 0 Å². The topological polar surface area (TPSA) is 57.1 Å². The van der Waals surface area contributed by atoms with Gasteiger partial charge in [-0.25, -0.2) is 0 Å². The summed E-state index contributed by atoms with van der Waals surface area (Å²) in [6.45, 7) is 5.82. The maximum absolute atomic E-state index is 12.5. The molecule has 0 unspecified atom stereocenters. The second-order valence-corrected chi connectivity index (χ2v) is 5.53. The van der Waals surface area contributed by atoms with Crippen LogP contribution in [-0.4, -0.2) is 17.3 Å². The van der Waals surface area contributed by atoms with Crippen LogP contribution in [0.15, 0.2) is 58.7 Å². The van der Waals surface area contributed by atoms with Crippen LogP contribution in [0.4, 0.5) is 11.4 Å². The zero-order valence-electron chi connectivity index (χ0n) is 13.4. The van der Waals surface area contributed by atoms with Crippen LogP contribution in [-0.2, 0) is 4.79 Å². The highest BCUT2D eigenvalue weighted by Crippen LogP contribution is 2.20. The van der Waals surface area contributed by atoms with Crippen LogP contribution in [0.1, 0.15) is 18.1 Å². The minimum absolute atomic E-state index is 0.231. The summed E-state index contributed by atoms with van der Waals surface area (Å²) < 4.78 is 0. The number of amides is 1. The molecule has 0 saturated heterocycles. The third kappa shape index (κ3) is 2.99. The summed E-state index contributed by atoms with van der Waals surface area (Å²) in [6.07, 6.45) is 0. The fourth-order valence-corrected chi connectivity index (χ4v) is 2.43. The number of benzene rings is 2. The van der Waals surface area contributed by atoms with E-state index in [0.29, 0.717) is 11.4 Å². The number of hydrogen-bond donors (Lipinski definition) is 1. The fraction of sp³-hybridized carbons (Fsp3) is 0.167. The lowest BCUT2D eigenvalue weighted by molar-refractivity contribution is -0.112. The molecule has 2 aromatic rings. The summed E-state index contributed by atoms with van der Waals surface area (Å²) in [7, 11) is 0. The molecule has 0 fully saturated rings. The number of aryl methyl sites for hydroxylation is 2. The molecule has 0 aromatic heterocycles. The van der Waals surface area contributed by atoms with Gasteiger partial charge in [0.15, 0.2) is 5.71 Å². The van der Waals surface area contributed by atoms with E-state index >= 15 is 0 Å². The Hall–Kier alpha value is -2.95. The molecule has 0 bridgehead atoms. The van der Waals surface area contributed by atoms with Gasteiger partial charge in [0.05, 0.1) is 17.1 Å². The van der Waals surface area contributed by atoms with Crippen molar-refractivity contribution in [3.63, 3.8) is 0 Å². The van der Waals surface area contributed by atoms with Gasteiger partial charge in [0, 0.05) is 0 Å². The Balaban J connectivity index is 1.84. The van der Waals surface area contributed by atoms with E-state index in [2.05, 4.69) is 21.7 Å². The molecule has 1 N–H and O–H groups in total. The number of carbonyl (C=O) groups excluding carboxylic acids is 1. The van der Waals surface area contributed by atoms with Crippen molar-refractivity contribution in [1.82, 2.24) is 0 Å². The van der Waals surface area contributed by atoms with Gasteiger partial charge < -0.3 is 0 Å². The van der Waals surface area contributed by atoms with E-state index in [1.54, 1.807) is 6.92 Å². The summed E-state index contributed by atoms with van der Waals surface area (Å²) in [5.41, 5.74) is 7.77. The molecule has 0 atom stereocenters. The molecule has 116 valence electrons. The minimum atomic E-state index is -0.231. The van der Waals surface area contributed by atoms with Crippen molar-refractivity contribution in [3.05, 3.63) is 59.7 Å². The van der Waals surface area contributed by atoms with E-state index in [1.165, 1.54) is 10.6 Å². The molecular weight excluding hydrogens is 288 g/mol. The number of carbonyl (C=O) groups is 1. The first-order valence-electron chi connectivity index (χ1n) is 7.42. The van der Waals surface area contributed by atoms with E-state index in [0.717, 1.165) is 16.9 Å². The highest BCUT2D eigenvalue weighted by Gasteiger charge is 2.30. The van der Waals surface area contributed by atoms with Crippen LogP contribution >= 0.6 is 0 Å². The first kappa shape index (κ1) is 15.0. The number of anilines is 2. The molecule has 23 heavy (non-hydrogen) atoms. The van der Waals surface area contributed by atoms with Gasteiger partial charge >= 0.3 is 5.91 Å². The van der Waals surface area contributed by atoms with E-state index in [9.17, 15) is 4.79 Å². The molecule has 5 nitrogen and oxygen atoms in total. The quantitative estimate of drug-likeness (QED) is 0.882. The first-order chi connectivity index (χ1) is 11.1. The molecule has 1 aliphatic heterocycles. The van der Waals surface area contributed by atoms with Crippen LogP contribution in [0.5, 0.6) is 0 Å². The largest absolute Gasteiger partial charge is 0.301 e. The summed E-state index contributed by atoms with van der Waals surface area (Å²) in [6, 6.07) is 15.4. The molecule has 5 heteroatoms. The smallest absolute Gasteiger partial charge is 0.277 e. The van der Waals surface area contributed by atoms with Gasteiger partial charge in [0.2, 0.25) is 0 Å². The van der Waals surface area contributed by atoms with Crippen molar-refractivity contribution in [3.8, 4) is 0 Å². The van der Waals surface area contributed by atoms with Gasteiger partial charge in [-0.2, -0.15) is 15.2 Å². The molecule has 0 aliphatic carbocycles. The number of para-hydroxylation sites is 1. The average molecular weight is 306 g/mol. The van der Waals surface area contributed by atoms with Gasteiger partial charge in [-0.15, -0.1) is 0 Å². The summed E-state index contributed by atoms with van der Waals surface area (Å²) in [5, 5.41) is 9.94. The Morgan fingerprint density at radius 1 is 1.04 bits per heavy atom. The molecule has 1 amide bonds. The third-order valence-electron chi connectivity index (χ3n) is 3.66. The fourth-order valence-electron chi connectivity index (χ4n) is 2.43. The normalized spacial score (nSPS) is 16.0. The summed E-state index contributed by atoms with van der Waals surface area (Å²) in [4.78, 5) is 12.5. The van der Waals surface area contributed by atoms with Gasteiger partial charge in [0.1, 0.15) is 0 Å². The molecule has 0 radical (unpaired) electrons. The standard InChI is InChI=1S/C18H18N4O/c1-12-9-10-16(13(2)11-12)19-20-17-14(3)21-22(18(17)23)15-7-5-4-6-8-15/h4-11,19H,1-3H3/b20-17-. The molecular formula is C18H18N4O. The number of hydrazone groups is 2. The highest BCUT2D eigenvalue weighted by molar-refractivity contribution is 6.71. The van der Waals surface area contributed by atoms with Crippen LogP contribution in [0.25, 0.3) is 0 Å². The summed E-state index contributed by atoms with van der Waals surface area (Å²) >= 11 is 0. The van der Waals surface area contributed by atoms with Crippen molar-refractivity contribution in [2.75, 3.05) is 10.4 Å². The van der Waals surface area contributed by atoms with Crippen molar-refractivity contribution in [2.45, 2.75) is 20.8 Å². The lowest BCUT2D eigenvalue weighted by Crippen LogP contribution is -2.27. The Bertz CT molecular complexity index is 809. The minimum Gasteiger partial charge on any atom is -0.277 e. The van der Waals surface area contributed by atoms with Crippen LogP contribution in [0.2, 0.25) is 0 Å². The number of rotatable bonds is 3. The van der Waals surface area contributed by atoms with Crippen LogP contribution in [0, 0.1) is 13.8 Å².